The molecule has 0 unspecified atom stereocenters. The minimum atomic E-state index is -1.60. The second-order valence-electron chi connectivity index (χ2n) is 5.11. The average molecular weight is 227 g/mol. The molecule has 4 nitrogen and oxygen atoms in total. The van der Waals surface area contributed by atoms with Gasteiger partial charge in [0.05, 0.1) is 5.54 Å². The van der Waals surface area contributed by atoms with E-state index in [0.29, 0.717) is 5.82 Å². The number of alkyl halides is 1. The molecular weight excluding hydrogens is 209 g/mol. The molecule has 1 saturated carbocycles. The fraction of sp³-hybridized carbons (Fsp3) is 0.818. The molecule has 1 aromatic rings. The lowest BCUT2D eigenvalue weighted by atomic mass is 9.82. The molecule has 0 aliphatic heterocycles. The molecule has 0 radical (unpaired) electrons. The number of aromatic nitrogens is 2. The van der Waals surface area contributed by atoms with E-state index >= 15 is 0 Å². The predicted octanol–water partition coefficient (Wildman–Crippen LogP) is 2.39. The van der Waals surface area contributed by atoms with Crippen molar-refractivity contribution in [3.05, 3.63) is 11.7 Å². The summed E-state index contributed by atoms with van der Waals surface area (Å²) >= 11 is 0. The summed E-state index contributed by atoms with van der Waals surface area (Å²) in [5.41, 5.74) is 4.11. The van der Waals surface area contributed by atoms with E-state index in [0.717, 1.165) is 25.7 Å². The highest BCUT2D eigenvalue weighted by Gasteiger charge is 2.36. The number of hydrogen-bond donors (Lipinski definition) is 1. The van der Waals surface area contributed by atoms with Crippen molar-refractivity contribution < 1.29 is 8.91 Å². The summed E-state index contributed by atoms with van der Waals surface area (Å²) < 4.78 is 18.5. The molecule has 2 N–H and O–H groups in total. The second kappa shape index (κ2) is 3.80. The Morgan fingerprint density at radius 3 is 2.44 bits per heavy atom. The molecule has 0 atom stereocenters. The maximum Gasteiger partial charge on any atom is 0.263 e. The molecule has 0 aromatic carbocycles. The van der Waals surface area contributed by atoms with Gasteiger partial charge in [0.2, 0.25) is 0 Å². The lowest BCUT2D eigenvalue weighted by molar-refractivity contribution is 0.154. The number of rotatable bonds is 2. The quantitative estimate of drug-likeness (QED) is 0.842. The van der Waals surface area contributed by atoms with Gasteiger partial charge in [0.1, 0.15) is 0 Å². The molecule has 2 rings (SSSR count). The monoisotopic (exact) mass is 227 g/mol. The van der Waals surface area contributed by atoms with Crippen molar-refractivity contribution in [2.75, 3.05) is 0 Å². The number of halogens is 1. The van der Waals surface area contributed by atoms with Gasteiger partial charge in [0.15, 0.2) is 11.5 Å². The highest BCUT2D eigenvalue weighted by Crippen LogP contribution is 2.34. The van der Waals surface area contributed by atoms with Crippen LogP contribution in [0, 0.1) is 0 Å². The van der Waals surface area contributed by atoms with Gasteiger partial charge in [0.25, 0.3) is 5.89 Å². The first-order chi connectivity index (χ1) is 7.42. The van der Waals surface area contributed by atoms with Gasteiger partial charge in [-0.2, -0.15) is 4.98 Å². The van der Waals surface area contributed by atoms with E-state index in [-0.39, 0.29) is 5.89 Å². The van der Waals surface area contributed by atoms with Gasteiger partial charge in [-0.1, -0.05) is 24.4 Å². The summed E-state index contributed by atoms with van der Waals surface area (Å²) in [5.74, 6) is 0.464. The Hall–Kier alpha value is -0.970. The van der Waals surface area contributed by atoms with Crippen LogP contribution in [0.5, 0.6) is 0 Å². The lowest BCUT2D eigenvalue weighted by Crippen LogP contribution is -2.39. The molecule has 5 heteroatoms. The number of nitrogens with two attached hydrogens (primary N) is 1. The largest absolute Gasteiger partial charge is 0.336 e. The van der Waals surface area contributed by atoms with E-state index in [1.807, 2.05) is 0 Å². The molecule has 1 aliphatic carbocycles. The molecule has 1 fully saturated rings. The molecular formula is C11H18FN3O. The molecule has 1 aromatic heterocycles. The molecule has 0 bridgehead atoms. The van der Waals surface area contributed by atoms with Crippen LogP contribution in [0.25, 0.3) is 0 Å². The summed E-state index contributed by atoms with van der Waals surface area (Å²) in [7, 11) is 0. The molecule has 0 saturated heterocycles. The van der Waals surface area contributed by atoms with Crippen LogP contribution in [0.4, 0.5) is 4.39 Å². The van der Waals surface area contributed by atoms with Crippen LogP contribution < -0.4 is 5.73 Å². The first-order valence-electron chi connectivity index (χ1n) is 5.74. The first kappa shape index (κ1) is 11.5. The van der Waals surface area contributed by atoms with Crippen LogP contribution in [-0.2, 0) is 11.2 Å². The normalized spacial score (nSPS) is 21.0. The Morgan fingerprint density at radius 1 is 1.31 bits per heavy atom. The summed E-state index contributed by atoms with van der Waals surface area (Å²) in [4.78, 5) is 4.10. The van der Waals surface area contributed by atoms with Crippen LogP contribution in [0.15, 0.2) is 4.52 Å². The van der Waals surface area contributed by atoms with Crippen molar-refractivity contribution in [2.45, 2.75) is 57.2 Å². The minimum Gasteiger partial charge on any atom is -0.336 e. The topological polar surface area (TPSA) is 64.9 Å². The molecule has 16 heavy (non-hydrogen) atoms. The van der Waals surface area contributed by atoms with Crippen LogP contribution in [0.1, 0.15) is 57.7 Å². The van der Waals surface area contributed by atoms with E-state index in [1.54, 1.807) is 0 Å². The summed E-state index contributed by atoms with van der Waals surface area (Å²) in [6, 6.07) is 0. The third kappa shape index (κ3) is 2.09. The van der Waals surface area contributed by atoms with Gasteiger partial charge in [-0.15, -0.1) is 0 Å². The lowest BCUT2D eigenvalue weighted by Gasteiger charge is -2.29. The highest BCUT2D eigenvalue weighted by atomic mass is 19.1. The average Bonchev–Trinajstić information content (AvgIpc) is 2.67. The Kier molecular flexibility index (Phi) is 2.74. The maximum absolute atomic E-state index is 13.6. The Bertz CT molecular complexity index is 364. The fourth-order valence-corrected chi connectivity index (χ4v) is 2.07. The SMILES string of the molecule is CC(C)(F)c1nc(C2(N)CCCCC2)no1. The van der Waals surface area contributed by atoms with Gasteiger partial charge in [-0.05, 0) is 26.7 Å². The van der Waals surface area contributed by atoms with E-state index in [2.05, 4.69) is 10.1 Å². The molecule has 1 heterocycles. The van der Waals surface area contributed by atoms with Gasteiger partial charge in [-0.25, -0.2) is 4.39 Å². The maximum atomic E-state index is 13.6. The van der Waals surface area contributed by atoms with Crippen molar-refractivity contribution in [2.24, 2.45) is 5.73 Å². The smallest absolute Gasteiger partial charge is 0.263 e. The first-order valence-corrected chi connectivity index (χ1v) is 5.74. The van der Waals surface area contributed by atoms with Gasteiger partial charge < -0.3 is 10.3 Å². The van der Waals surface area contributed by atoms with Crippen molar-refractivity contribution in [1.29, 1.82) is 0 Å². The summed E-state index contributed by atoms with van der Waals surface area (Å²) in [6.45, 7) is 2.79. The Morgan fingerprint density at radius 2 is 1.94 bits per heavy atom. The van der Waals surface area contributed by atoms with Crippen molar-refractivity contribution in [3.63, 3.8) is 0 Å². The van der Waals surface area contributed by atoms with Gasteiger partial charge in [0, 0.05) is 0 Å². The van der Waals surface area contributed by atoms with E-state index < -0.39 is 11.2 Å². The van der Waals surface area contributed by atoms with E-state index in [4.69, 9.17) is 10.3 Å². The molecule has 90 valence electrons. The zero-order valence-electron chi connectivity index (χ0n) is 9.79. The standard InChI is InChI=1S/C11H18FN3O/c1-10(2,12)9-14-8(15-16-9)11(13)6-4-3-5-7-11/h3-7,13H2,1-2H3. The summed E-state index contributed by atoms with van der Waals surface area (Å²) in [5, 5.41) is 3.83. The molecule has 0 amide bonds. The Balaban J connectivity index is 2.24. The highest BCUT2D eigenvalue weighted by molar-refractivity contribution is 5.07. The third-order valence-electron chi connectivity index (χ3n) is 3.13. The fourth-order valence-electron chi connectivity index (χ4n) is 2.07. The van der Waals surface area contributed by atoms with Gasteiger partial charge >= 0.3 is 0 Å². The van der Waals surface area contributed by atoms with Crippen LogP contribution in [-0.4, -0.2) is 10.1 Å². The van der Waals surface area contributed by atoms with Crippen LogP contribution in [0.3, 0.4) is 0 Å². The zero-order chi connectivity index (χ0) is 11.8. The number of hydrogen-bond acceptors (Lipinski definition) is 4. The Labute approximate surface area is 94.4 Å². The van der Waals surface area contributed by atoms with Crippen molar-refractivity contribution in [1.82, 2.24) is 10.1 Å². The van der Waals surface area contributed by atoms with Crippen molar-refractivity contribution in [3.8, 4) is 0 Å². The second-order valence-corrected chi connectivity index (χ2v) is 5.11. The van der Waals surface area contributed by atoms with E-state index in [9.17, 15) is 4.39 Å². The number of nitrogens with zero attached hydrogens (tertiary/aromatic N) is 2. The third-order valence-corrected chi connectivity index (χ3v) is 3.13. The van der Waals surface area contributed by atoms with Crippen LogP contribution in [0.2, 0.25) is 0 Å². The zero-order valence-corrected chi connectivity index (χ0v) is 9.79. The molecule has 1 aliphatic rings. The van der Waals surface area contributed by atoms with Crippen molar-refractivity contribution >= 4 is 0 Å². The summed E-state index contributed by atoms with van der Waals surface area (Å²) in [6.07, 6.45) is 5.02. The van der Waals surface area contributed by atoms with E-state index in [1.165, 1.54) is 20.3 Å². The minimum absolute atomic E-state index is 0.0119. The van der Waals surface area contributed by atoms with Gasteiger partial charge in [-0.3, -0.25) is 0 Å². The van der Waals surface area contributed by atoms with Crippen LogP contribution >= 0.6 is 0 Å². The predicted molar refractivity (Wildman–Crippen MR) is 57.4 cm³/mol. The molecule has 0 spiro atoms.